The first kappa shape index (κ1) is 44.9. The van der Waals surface area contributed by atoms with Gasteiger partial charge in [-0.3, -0.25) is 24.4 Å². The predicted molar refractivity (Wildman–Crippen MR) is 244 cm³/mol. The van der Waals surface area contributed by atoms with Crippen LogP contribution in [0.3, 0.4) is 0 Å². The van der Waals surface area contributed by atoms with Crippen molar-refractivity contribution in [2.75, 3.05) is 57.3 Å². The second-order valence-corrected chi connectivity index (χ2v) is 17.7. The lowest BCUT2D eigenvalue weighted by atomic mass is 9.87. The normalized spacial score (nSPS) is 16.4. The smallest absolute Gasteiger partial charge is 0.375 e. The van der Waals surface area contributed by atoms with E-state index in [1.807, 2.05) is 44.4 Å². The average molecular weight is 908 g/mol. The van der Waals surface area contributed by atoms with Gasteiger partial charge in [-0.05, 0) is 89.4 Å². The number of likely N-dealkylation sites (tertiary alicyclic amines) is 1. The molecule has 0 radical (unpaired) electrons. The number of benzene rings is 2. The van der Waals surface area contributed by atoms with Gasteiger partial charge in [0, 0.05) is 49.3 Å². The van der Waals surface area contributed by atoms with Crippen LogP contribution >= 0.6 is 11.3 Å². The highest BCUT2D eigenvalue weighted by atomic mass is 32.1. The standard InChI is InChI=1S/C45H54N12O7S/c1-6-32-39(65-28(4)48-32)43(61)50-44-49-33-21-30(41(47)59)23-36(64-17-10-13-53-16-11-45(25-53)12-18-63-26-45)38(33)54(44)14-8-9-15-56-37-31(20-29(40(46)58)22-35(37)62-5)24-57(56)52-42(60)34-19-27(3)51-55(34)7-2/h8-9,19-24H,6-7,10-18,25-26H2,1-5H3,(H5-,46,47,49,50,52,58,59,60,61)/p+1/b9-8+. The molecule has 2 aliphatic rings. The van der Waals surface area contributed by atoms with Gasteiger partial charge in [-0.25, -0.2) is 14.8 Å². The van der Waals surface area contributed by atoms with Gasteiger partial charge >= 0.3 is 5.91 Å². The Morgan fingerprint density at radius 1 is 1.00 bits per heavy atom. The van der Waals surface area contributed by atoms with Crippen LogP contribution in [0.5, 0.6) is 11.5 Å². The van der Waals surface area contributed by atoms with Gasteiger partial charge in [-0.1, -0.05) is 17.8 Å². The summed E-state index contributed by atoms with van der Waals surface area (Å²) in [6.07, 6.45) is 9.00. The maximum absolute atomic E-state index is 13.9. The molecule has 4 aromatic heterocycles. The minimum Gasteiger partial charge on any atom is -0.492 e. The summed E-state index contributed by atoms with van der Waals surface area (Å²) < 4.78 is 23.2. The number of hydrogen-bond donors (Lipinski definition) is 4. The van der Waals surface area contributed by atoms with E-state index in [0.29, 0.717) is 75.0 Å². The lowest BCUT2D eigenvalue weighted by Gasteiger charge is -2.22. The van der Waals surface area contributed by atoms with Crippen molar-refractivity contribution in [3.8, 4) is 11.5 Å². The number of amides is 4. The monoisotopic (exact) mass is 907 g/mol. The number of carbonyl (C=O) groups excluding carboxylic acids is 4. The minimum absolute atomic E-state index is 0.197. The van der Waals surface area contributed by atoms with E-state index in [-0.39, 0.29) is 41.5 Å². The zero-order chi connectivity index (χ0) is 46.0. The van der Waals surface area contributed by atoms with Crippen molar-refractivity contribution in [1.82, 2.24) is 34.0 Å². The number of thiazole rings is 1. The van der Waals surface area contributed by atoms with Gasteiger partial charge < -0.3 is 35.1 Å². The van der Waals surface area contributed by atoms with Crippen LogP contribution in [0.25, 0.3) is 21.9 Å². The van der Waals surface area contributed by atoms with E-state index in [0.717, 1.165) is 57.1 Å². The molecule has 6 heterocycles. The zero-order valence-electron chi connectivity index (χ0n) is 37.3. The average Bonchev–Trinajstić information content (AvgIpc) is 4.16. The molecule has 4 amide bonds. The third kappa shape index (κ3) is 9.32. The number of nitrogens with zero attached hydrogens (tertiary/aromatic N) is 8. The number of aromatic nitrogens is 7. The van der Waals surface area contributed by atoms with E-state index in [4.69, 9.17) is 30.7 Å². The SMILES string of the molecule is CCc1nc(C)sc1C(=O)Nc1nc2cc(C(N)=O)cc(OCCCN3CCC4(CCOC4)C3)c2n1C/C=C/C[n+]1c2c(OC)cc(C(N)=O)cc2cn1NC(=O)c1cc(C)nn1CC. The quantitative estimate of drug-likeness (QED) is 0.0545. The second-order valence-electron chi connectivity index (χ2n) is 16.5. The van der Waals surface area contributed by atoms with Crippen LogP contribution in [0.4, 0.5) is 5.95 Å². The van der Waals surface area contributed by atoms with Gasteiger partial charge in [0.05, 0.1) is 53.8 Å². The van der Waals surface area contributed by atoms with Gasteiger partial charge in [0.15, 0.2) is 17.0 Å². The summed E-state index contributed by atoms with van der Waals surface area (Å²) >= 11 is 1.31. The van der Waals surface area contributed by atoms with Crippen molar-refractivity contribution in [3.05, 3.63) is 86.8 Å². The number of nitrogens with one attached hydrogen (secondary N) is 2. The highest BCUT2D eigenvalue weighted by molar-refractivity contribution is 7.13. The Labute approximate surface area is 379 Å². The van der Waals surface area contributed by atoms with Gasteiger partial charge in [-0.15, -0.1) is 21.4 Å². The van der Waals surface area contributed by atoms with Crippen molar-refractivity contribution in [3.63, 3.8) is 0 Å². The summed E-state index contributed by atoms with van der Waals surface area (Å²) in [4.78, 5) is 66.4. The number of rotatable bonds is 18. The molecule has 20 heteroatoms. The largest absolute Gasteiger partial charge is 0.492 e. The Kier molecular flexibility index (Phi) is 13.0. The highest BCUT2D eigenvalue weighted by Crippen LogP contribution is 2.38. The molecule has 1 unspecified atom stereocenters. The Morgan fingerprint density at radius 2 is 1.78 bits per heavy atom. The molecule has 65 heavy (non-hydrogen) atoms. The number of imidazole rings is 1. The van der Waals surface area contributed by atoms with Crippen LogP contribution < -0.4 is 36.4 Å². The molecule has 2 saturated heterocycles. The molecule has 2 aromatic carbocycles. The summed E-state index contributed by atoms with van der Waals surface area (Å²) in [5.41, 5.74) is 18.5. The number of hydrogen-bond acceptors (Lipinski definition) is 12. The Hall–Kier alpha value is -6.64. The molecule has 8 rings (SSSR count). The van der Waals surface area contributed by atoms with Crippen LogP contribution in [-0.4, -0.2) is 104 Å². The molecule has 6 N–H and O–H groups in total. The molecule has 2 fully saturated rings. The van der Waals surface area contributed by atoms with Crippen molar-refractivity contribution in [2.45, 2.75) is 73.0 Å². The van der Waals surface area contributed by atoms with Crippen LogP contribution in [0, 0.1) is 19.3 Å². The summed E-state index contributed by atoms with van der Waals surface area (Å²) in [5.74, 6) is -1.04. The number of ether oxygens (including phenoxy) is 3. The predicted octanol–water partition coefficient (Wildman–Crippen LogP) is 4.11. The molecule has 6 aromatic rings. The number of nitrogens with two attached hydrogens (primary N) is 2. The molecule has 19 nitrogen and oxygen atoms in total. The fourth-order valence-electron chi connectivity index (χ4n) is 8.83. The first-order valence-corrected chi connectivity index (χ1v) is 22.6. The molecule has 0 bridgehead atoms. The third-order valence-electron chi connectivity index (χ3n) is 12.0. The van der Waals surface area contributed by atoms with E-state index in [1.54, 1.807) is 45.9 Å². The number of methoxy groups -OCH3 is 1. The maximum Gasteiger partial charge on any atom is 0.375 e. The van der Waals surface area contributed by atoms with Gasteiger partial charge in [0.25, 0.3) is 5.91 Å². The fourth-order valence-corrected chi connectivity index (χ4v) is 9.73. The maximum atomic E-state index is 13.9. The number of fused-ring (bicyclic) bond motifs is 2. The molecule has 0 saturated carbocycles. The number of allylic oxidation sites excluding steroid dienone is 2. The first-order chi connectivity index (χ1) is 31.3. The van der Waals surface area contributed by atoms with Gasteiger partial charge in [-0.2, -0.15) is 5.10 Å². The lowest BCUT2D eigenvalue weighted by Crippen LogP contribution is -2.48. The number of primary amides is 2. The minimum atomic E-state index is -0.641. The Morgan fingerprint density at radius 3 is 2.51 bits per heavy atom. The van der Waals surface area contributed by atoms with Crippen LogP contribution in [0.1, 0.15) is 90.4 Å². The van der Waals surface area contributed by atoms with E-state index in [9.17, 15) is 19.2 Å². The van der Waals surface area contributed by atoms with Crippen LogP contribution in [-0.2, 0) is 30.8 Å². The van der Waals surface area contributed by atoms with Crippen LogP contribution in [0.2, 0.25) is 0 Å². The van der Waals surface area contributed by atoms with E-state index in [1.165, 1.54) is 23.2 Å². The van der Waals surface area contributed by atoms with E-state index in [2.05, 4.69) is 25.7 Å². The number of carbonyl (C=O) groups is 4. The van der Waals surface area contributed by atoms with Crippen molar-refractivity contribution >= 4 is 62.9 Å². The van der Waals surface area contributed by atoms with E-state index < -0.39 is 17.7 Å². The highest BCUT2D eigenvalue weighted by Gasteiger charge is 2.41. The molecule has 1 spiro atoms. The lowest BCUT2D eigenvalue weighted by molar-refractivity contribution is -0.739. The topological polar surface area (TPSA) is 233 Å². The van der Waals surface area contributed by atoms with Crippen LogP contribution in [0.15, 0.2) is 48.7 Å². The van der Waals surface area contributed by atoms with Gasteiger partial charge in [0.1, 0.15) is 22.7 Å². The summed E-state index contributed by atoms with van der Waals surface area (Å²) in [7, 11) is 1.49. The van der Waals surface area contributed by atoms with Gasteiger partial charge in [0.2, 0.25) is 17.8 Å². The fraction of sp³-hybridized carbons (Fsp3) is 0.422. The van der Waals surface area contributed by atoms with Crippen molar-refractivity contribution in [1.29, 1.82) is 0 Å². The molecular formula is C45H55N12O7S+. The number of aryl methyl sites for hydroxylation is 4. The van der Waals surface area contributed by atoms with Crippen molar-refractivity contribution in [2.24, 2.45) is 16.9 Å². The molecule has 342 valence electrons. The summed E-state index contributed by atoms with van der Waals surface area (Å²) in [5, 5.41) is 8.80. The molecule has 1 atom stereocenters. The Bertz CT molecular complexity index is 2830. The number of anilines is 1. The van der Waals surface area contributed by atoms with E-state index >= 15 is 0 Å². The molecule has 0 aliphatic carbocycles. The summed E-state index contributed by atoms with van der Waals surface area (Å²) in [6.45, 7) is 13.3. The molecular weight excluding hydrogens is 853 g/mol. The van der Waals surface area contributed by atoms with Crippen molar-refractivity contribution < 1.29 is 38.1 Å². The summed E-state index contributed by atoms with van der Waals surface area (Å²) in [6, 6.07) is 8.12. The molecule has 2 aliphatic heterocycles. The third-order valence-corrected chi connectivity index (χ3v) is 13.0. The Balaban J connectivity index is 1.13. The zero-order valence-corrected chi connectivity index (χ0v) is 38.1. The first-order valence-electron chi connectivity index (χ1n) is 21.8. The second kappa shape index (κ2) is 18.8.